The van der Waals surface area contributed by atoms with Crippen LogP contribution in [0.2, 0.25) is 0 Å². The van der Waals surface area contributed by atoms with Crippen LogP contribution in [-0.4, -0.2) is 46.7 Å². The van der Waals surface area contributed by atoms with Crippen LogP contribution in [0.1, 0.15) is 13.8 Å². The summed E-state index contributed by atoms with van der Waals surface area (Å²) in [5, 5.41) is 0. The van der Waals surface area contributed by atoms with E-state index in [1.807, 2.05) is 14.1 Å². The summed E-state index contributed by atoms with van der Waals surface area (Å²) in [6.45, 7) is 6.91. The van der Waals surface area contributed by atoms with E-state index in [0.717, 1.165) is 7.11 Å². The van der Waals surface area contributed by atoms with Crippen LogP contribution in [0.25, 0.3) is 0 Å². The lowest BCUT2D eigenvalue weighted by atomic mass is 10.4. The SMILES string of the molecule is C=C(C)C(=O)OC(C)N(C)C.COS(=O)(=O)OBr. The van der Waals surface area contributed by atoms with Crippen molar-refractivity contribution in [3.8, 4) is 0 Å². The maximum Gasteiger partial charge on any atom is 0.410 e. The molecular formula is C9H18BrNO6S. The largest absolute Gasteiger partial charge is 0.443 e. The summed E-state index contributed by atoms with van der Waals surface area (Å²) >= 11 is 2.22. The maximum atomic E-state index is 10.9. The Bertz CT molecular complexity index is 357. The van der Waals surface area contributed by atoms with E-state index >= 15 is 0 Å². The second kappa shape index (κ2) is 9.45. The van der Waals surface area contributed by atoms with Gasteiger partial charge in [0.25, 0.3) is 0 Å². The van der Waals surface area contributed by atoms with Crippen molar-refractivity contribution in [3.05, 3.63) is 12.2 Å². The van der Waals surface area contributed by atoms with Crippen molar-refractivity contribution in [2.24, 2.45) is 0 Å². The van der Waals surface area contributed by atoms with E-state index in [2.05, 4.69) is 30.3 Å². The van der Waals surface area contributed by atoms with Crippen molar-refractivity contribution in [1.29, 1.82) is 0 Å². The lowest BCUT2D eigenvalue weighted by Crippen LogP contribution is -2.30. The van der Waals surface area contributed by atoms with Crippen molar-refractivity contribution < 1.29 is 25.4 Å². The first-order valence-electron chi connectivity index (χ1n) is 4.71. The quantitative estimate of drug-likeness (QED) is 0.420. The lowest BCUT2D eigenvalue weighted by Gasteiger charge is -2.19. The minimum absolute atomic E-state index is 0.195. The molecule has 0 aromatic heterocycles. The Balaban J connectivity index is 0. The van der Waals surface area contributed by atoms with Gasteiger partial charge in [-0.25, -0.2) is 4.79 Å². The van der Waals surface area contributed by atoms with E-state index < -0.39 is 10.4 Å². The zero-order chi connectivity index (χ0) is 14.9. The maximum absolute atomic E-state index is 10.9. The molecule has 0 heterocycles. The van der Waals surface area contributed by atoms with Crippen LogP contribution < -0.4 is 0 Å². The molecule has 18 heavy (non-hydrogen) atoms. The third-order valence-corrected chi connectivity index (χ3v) is 3.17. The normalized spacial score (nSPS) is 12.4. The molecule has 0 bridgehead atoms. The third-order valence-electron chi connectivity index (χ3n) is 1.63. The molecule has 0 radical (unpaired) electrons. The average Bonchev–Trinajstić information content (AvgIpc) is 2.29. The van der Waals surface area contributed by atoms with Crippen molar-refractivity contribution in [3.63, 3.8) is 0 Å². The van der Waals surface area contributed by atoms with Crippen molar-refractivity contribution in [2.75, 3.05) is 21.2 Å². The summed E-state index contributed by atoms with van der Waals surface area (Å²) in [6.07, 6.45) is -0.195. The van der Waals surface area contributed by atoms with Gasteiger partial charge in [-0.05, 0) is 27.9 Å². The van der Waals surface area contributed by atoms with Gasteiger partial charge >= 0.3 is 16.4 Å². The molecule has 0 fully saturated rings. The Labute approximate surface area is 116 Å². The molecule has 0 amide bonds. The first-order chi connectivity index (χ1) is 8.07. The Kier molecular flexibility index (Phi) is 10.4. The summed E-state index contributed by atoms with van der Waals surface area (Å²) in [7, 11) is 0.943. The van der Waals surface area contributed by atoms with Crippen molar-refractivity contribution >= 4 is 32.6 Å². The number of hydrogen-bond donors (Lipinski definition) is 0. The first-order valence-corrected chi connectivity index (χ1v) is 6.69. The van der Waals surface area contributed by atoms with Crippen LogP contribution in [0, 0.1) is 0 Å². The van der Waals surface area contributed by atoms with E-state index in [0.29, 0.717) is 5.57 Å². The molecule has 0 aliphatic heterocycles. The molecule has 0 aliphatic carbocycles. The molecule has 0 N–H and O–H groups in total. The molecule has 108 valence electrons. The molecule has 1 atom stereocenters. The highest BCUT2D eigenvalue weighted by Crippen LogP contribution is 1.99. The Hall–Kier alpha value is -0.480. The van der Waals surface area contributed by atoms with Gasteiger partial charge in [0.2, 0.25) is 0 Å². The second-order valence-corrected chi connectivity index (χ2v) is 5.46. The van der Waals surface area contributed by atoms with Gasteiger partial charge < -0.3 is 4.74 Å². The minimum Gasteiger partial charge on any atom is -0.443 e. The Morgan fingerprint density at radius 2 is 1.83 bits per heavy atom. The number of carbonyl (C=O) groups is 1. The molecule has 0 spiro atoms. The van der Waals surface area contributed by atoms with E-state index in [1.165, 1.54) is 0 Å². The van der Waals surface area contributed by atoms with Gasteiger partial charge in [-0.1, -0.05) is 6.58 Å². The first kappa shape index (κ1) is 19.9. The van der Waals surface area contributed by atoms with Gasteiger partial charge in [0, 0.05) is 5.57 Å². The third kappa shape index (κ3) is 10.7. The van der Waals surface area contributed by atoms with Gasteiger partial charge in [0.15, 0.2) is 6.23 Å². The zero-order valence-corrected chi connectivity index (χ0v) is 13.4. The molecule has 1 unspecified atom stereocenters. The van der Waals surface area contributed by atoms with Crippen molar-refractivity contribution in [1.82, 2.24) is 4.90 Å². The average molecular weight is 348 g/mol. The predicted molar refractivity (Wildman–Crippen MR) is 70.0 cm³/mol. The fourth-order valence-electron chi connectivity index (χ4n) is 0.387. The lowest BCUT2D eigenvalue weighted by molar-refractivity contribution is -0.150. The van der Waals surface area contributed by atoms with E-state index in [4.69, 9.17) is 4.74 Å². The van der Waals surface area contributed by atoms with Crippen LogP contribution in [0.15, 0.2) is 12.2 Å². The minimum atomic E-state index is -3.74. The summed E-state index contributed by atoms with van der Waals surface area (Å²) in [5.74, 6) is -0.341. The van der Waals surface area contributed by atoms with Gasteiger partial charge in [-0.2, -0.15) is 11.7 Å². The van der Waals surface area contributed by atoms with E-state index in [1.54, 1.807) is 18.7 Å². The Morgan fingerprint density at radius 3 is 2.00 bits per heavy atom. The molecular weight excluding hydrogens is 330 g/mol. The van der Waals surface area contributed by atoms with Gasteiger partial charge in [0.1, 0.15) is 16.3 Å². The fraction of sp³-hybridized carbons (Fsp3) is 0.667. The van der Waals surface area contributed by atoms with Gasteiger partial charge in [0.05, 0.1) is 7.11 Å². The number of ether oxygens (including phenoxy) is 1. The number of carbonyl (C=O) groups excluding carboxylic acids is 1. The fourth-order valence-corrected chi connectivity index (χ4v) is 0.762. The van der Waals surface area contributed by atoms with E-state index in [9.17, 15) is 13.2 Å². The number of halogens is 1. The monoisotopic (exact) mass is 347 g/mol. The predicted octanol–water partition coefficient (Wildman–Crippen LogP) is 1.22. The highest BCUT2D eigenvalue weighted by atomic mass is 79.9. The summed E-state index contributed by atoms with van der Waals surface area (Å²) in [4.78, 5) is 12.7. The molecule has 9 heteroatoms. The number of nitrogens with zero attached hydrogens (tertiary/aromatic N) is 1. The second-order valence-electron chi connectivity index (χ2n) is 3.39. The molecule has 7 nitrogen and oxygen atoms in total. The number of esters is 1. The van der Waals surface area contributed by atoms with Crippen molar-refractivity contribution in [2.45, 2.75) is 20.1 Å². The molecule has 0 aliphatic rings. The van der Waals surface area contributed by atoms with Crippen LogP contribution in [-0.2, 0) is 27.4 Å². The Morgan fingerprint density at radius 1 is 1.39 bits per heavy atom. The van der Waals surface area contributed by atoms with Gasteiger partial charge in [-0.15, -0.1) is 0 Å². The van der Waals surface area contributed by atoms with Crippen LogP contribution in [0.5, 0.6) is 0 Å². The zero-order valence-electron chi connectivity index (χ0n) is 11.0. The van der Waals surface area contributed by atoms with Crippen LogP contribution >= 0.6 is 16.3 Å². The molecule has 0 aromatic rings. The number of rotatable bonds is 5. The summed E-state index contributed by atoms with van der Waals surface area (Å²) in [6, 6.07) is 0. The smallest absolute Gasteiger partial charge is 0.410 e. The summed E-state index contributed by atoms with van der Waals surface area (Å²) < 4.78 is 32.2. The highest BCUT2D eigenvalue weighted by Gasteiger charge is 2.10. The summed E-state index contributed by atoms with van der Waals surface area (Å²) in [5.41, 5.74) is 0.429. The van der Waals surface area contributed by atoms with Gasteiger partial charge in [-0.3, -0.25) is 9.08 Å². The molecule has 0 saturated carbocycles. The van der Waals surface area contributed by atoms with Crippen LogP contribution in [0.3, 0.4) is 0 Å². The van der Waals surface area contributed by atoms with E-state index in [-0.39, 0.29) is 12.2 Å². The molecule has 0 rings (SSSR count). The standard InChI is InChI=1S/C8H15NO2.CH3BrO4S/c1-6(2)8(10)11-7(3)9(4)5;1-5-7(3,4)6-2/h7H,1H2,2-5H3;1H3. The molecule has 0 saturated heterocycles. The molecule has 0 aromatic carbocycles. The van der Waals surface area contributed by atoms with Crippen LogP contribution in [0.4, 0.5) is 0 Å². The topological polar surface area (TPSA) is 82.1 Å². The number of hydrogen-bond acceptors (Lipinski definition) is 7. The highest BCUT2D eigenvalue weighted by molar-refractivity contribution is 9.06.